The summed E-state index contributed by atoms with van der Waals surface area (Å²) in [5.41, 5.74) is 2.05. The molecule has 0 bridgehead atoms. The summed E-state index contributed by atoms with van der Waals surface area (Å²) in [6, 6.07) is 0. The van der Waals surface area contributed by atoms with Gasteiger partial charge < -0.3 is 4.90 Å². The molecule has 0 aliphatic carbocycles. The molecule has 0 amide bonds. The minimum Gasteiger partial charge on any atom is -0.306 e. The quantitative estimate of drug-likeness (QED) is 0.849. The van der Waals surface area contributed by atoms with Crippen molar-refractivity contribution in [1.82, 2.24) is 19.9 Å². The maximum Gasteiger partial charge on any atom is 0.100 e. The predicted octanol–water partition coefficient (Wildman–Crippen LogP) is 3.29. The van der Waals surface area contributed by atoms with Gasteiger partial charge in [0.05, 0.1) is 21.8 Å². The minimum atomic E-state index is 0.636. The van der Waals surface area contributed by atoms with Crippen LogP contribution < -0.4 is 0 Å². The lowest BCUT2D eigenvalue weighted by atomic mass is 10.0. The monoisotopic (exact) mass is 316 g/mol. The van der Waals surface area contributed by atoms with Crippen LogP contribution in [0.5, 0.6) is 0 Å². The van der Waals surface area contributed by atoms with E-state index in [2.05, 4.69) is 40.7 Å². The summed E-state index contributed by atoms with van der Waals surface area (Å²) in [6.45, 7) is 6.82. The standard InChI is InChI=1S/C17H24N4S/c1-12(2)6-17-20-10-16(22-17)15-9-18-14(8-19-15)7-13-4-5-21(3)11-13/h8-10,12-13H,4-7,11H2,1-3H3/t13-/m0/s1. The van der Waals surface area contributed by atoms with Crippen LogP contribution >= 0.6 is 11.3 Å². The number of hydrogen-bond acceptors (Lipinski definition) is 5. The van der Waals surface area contributed by atoms with E-state index in [1.807, 2.05) is 18.6 Å². The van der Waals surface area contributed by atoms with E-state index in [1.54, 1.807) is 11.3 Å². The molecule has 3 heterocycles. The molecule has 0 radical (unpaired) electrons. The maximum atomic E-state index is 4.61. The first kappa shape index (κ1) is 15.6. The second-order valence-corrected chi connectivity index (χ2v) is 7.85. The molecule has 1 fully saturated rings. The van der Waals surface area contributed by atoms with Crippen molar-refractivity contribution >= 4 is 11.3 Å². The molecular formula is C17H24N4S. The summed E-state index contributed by atoms with van der Waals surface area (Å²) in [7, 11) is 2.19. The number of hydrogen-bond donors (Lipinski definition) is 0. The van der Waals surface area contributed by atoms with Gasteiger partial charge >= 0.3 is 0 Å². The van der Waals surface area contributed by atoms with Crippen molar-refractivity contribution < 1.29 is 0 Å². The first-order chi connectivity index (χ1) is 10.6. The number of rotatable bonds is 5. The Hall–Kier alpha value is -1.33. The summed E-state index contributed by atoms with van der Waals surface area (Å²) in [5.74, 6) is 1.36. The molecule has 4 nitrogen and oxygen atoms in total. The lowest BCUT2D eigenvalue weighted by Gasteiger charge is -2.09. The Morgan fingerprint density at radius 2 is 2.09 bits per heavy atom. The Balaban J connectivity index is 1.64. The molecule has 0 spiro atoms. The fourth-order valence-corrected chi connectivity index (χ4v) is 4.04. The van der Waals surface area contributed by atoms with Crippen molar-refractivity contribution in [3.8, 4) is 10.6 Å². The van der Waals surface area contributed by atoms with Gasteiger partial charge in [-0.05, 0) is 38.3 Å². The van der Waals surface area contributed by atoms with Crippen LogP contribution in [0.1, 0.15) is 31.0 Å². The van der Waals surface area contributed by atoms with Gasteiger partial charge in [0.2, 0.25) is 0 Å². The number of thiazole rings is 1. The van der Waals surface area contributed by atoms with Crippen molar-refractivity contribution in [1.29, 1.82) is 0 Å². The highest BCUT2D eigenvalue weighted by atomic mass is 32.1. The minimum absolute atomic E-state index is 0.636. The number of likely N-dealkylation sites (tertiary alicyclic amines) is 1. The van der Waals surface area contributed by atoms with E-state index in [9.17, 15) is 0 Å². The molecule has 1 aliphatic heterocycles. The fraction of sp³-hybridized carbons (Fsp3) is 0.588. The molecule has 0 N–H and O–H groups in total. The largest absolute Gasteiger partial charge is 0.306 e. The van der Waals surface area contributed by atoms with Crippen LogP contribution in [0.15, 0.2) is 18.6 Å². The normalized spacial score (nSPS) is 19.2. The average molecular weight is 316 g/mol. The lowest BCUT2D eigenvalue weighted by molar-refractivity contribution is 0.393. The molecule has 3 rings (SSSR count). The first-order valence-corrected chi connectivity index (χ1v) is 8.86. The Morgan fingerprint density at radius 3 is 2.73 bits per heavy atom. The molecule has 1 atom stereocenters. The van der Waals surface area contributed by atoms with Crippen LogP contribution in [0.25, 0.3) is 10.6 Å². The number of nitrogens with zero attached hydrogens (tertiary/aromatic N) is 4. The van der Waals surface area contributed by atoms with E-state index in [0.717, 1.165) is 35.0 Å². The molecule has 118 valence electrons. The van der Waals surface area contributed by atoms with Gasteiger partial charge in [-0.25, -0.2) is 4.98 Å². The van der Waals surface area contributed by atoms with Crippen LogP contribution in [0, 0.1) is 11.8 Å². The van der Waals surface area contributed by atoms with Gasteiger partial charge in [-0.1, -0.05) is 13.8 Å². The van der Waals surface area contributed by atoms with Crippen LogP contribution in [0.4, 0.5) is 0 Å². The molecule has 1 aliphatic rings. The van der Waals surface area contributed by atoms with Crippen LogP contribution in [-0.2, 0) is 12.8 Å². The second-order valence-electron chi connectivity index (χ2n) is 6.73. The van der Waals surface area contributed by atoms with Gasteiger partial charge in [0.25, 0.3) is 0 Å². The van der Waals surface area contributed by atoms with E-state index in [4.69, 9.17) is 0 Å². The molecule has 0 saturated carbocycles. The van der Waals surface area contributed by atoms with Gasteiger partial charge in [-0.3, -0.25) is 9.97 Å². The molecule has 5 heteroatoms. The van der Waals surface area contributed by atoms with Crippen LogP contribution in [0.2, 0.25) is 0 Å². The van der Waals surface area contributed by atoms with Gasteiger partial charge in [0.1, 0.15) is 5.69 Å². The molecule has 1 saturated heterocycles. The van der Waals surface area contributed by atoms with Gasteiger partial charge in [0, 0.05) is 25.4 Å². The van der Waals surface area contributed by atoms with Gasteiger partial charge in [-0.2, -0.15) is 0 Å². The third-order valence-corrected chi connectivity index (χ3v) is 5.12. The highest BCUT2D eigenvalue weighted by Crippen LogP contribution is 2.26. The van der Waals surface area contributed by atoms with E-state index in [-0.39, 0.29) is 0 Å². The zero-order valence-electron chi connectivity index (χ0n) is 13.6. The highest BCUT2D eigenvalue weighted by Gasteiger charge is 2.20. The highest BCUT2D eigenvalue weighted by molar-refractivity contribution is 7.15. The summed E-state index contributed by atoms with van der Waals surface area (Å²) < 4.78 is 0. The molecular weight excluding hydrogens is 292 g/mol. The summed E-state index contributed by atoms with van der Waals surface area (Å²) in [5, 5.41) is 1.19. The van der Waals surface area contributed by atoms with Crippen molar-refractivity contribution in [2.24, 2.45) is 11.8 Å². The third kappa shape index (κ3) is 3.90. The topological polar surface area (TPSA) is 41.9 Å². The van der Waals surface area contributed by atoms with E-state index in [0.29, 0.717) is 5.92 Å². The van der Waals surface area contributed by atoms with Crippen molar-refractivity contribution in [2.45, 2.75) is 33.1 Å². The van der Waals surface area contributed by atoms with Gasteiger partial charge in [0.15, 0.2) is 0 Å². The molecule has 0 unspecified atom stereocenters. The van der Waals surface area contributed by atoms with Crippen LogP contribution in [0.3, 0.4) is 0 Å². The predicted molar refractivity (Wildman–Crippen MR) is 91.0 cm³/mol. The Labute approximate surface area is 136 Å². The maximum absolute atomic E-state index is 4.61. The second kappa shape index (κ2) is 6.84. The number of aromatic nitrogens is 3. The summed E-state index contributed by atoms with van der Waals surface area (Å²) in [6.07, 6.45) is 9.12. The molecule has 2 aromatic heterocycles. The van der Waals surface area contributed by atoms with E-state index < -0.39 is 0 Å². The van der Waals surface area contributed by atoms with Crippen molar-refractivity contribution in [2.75, 3.05) is 20.1 Å². The molecule has 2 aromatic rings. The Kier molecular flexibility index (Phi) is 4.84. The summed E-state index contributed by atoms with van der Waals surface area (Å²) in [4.78, 5) is 17.2. The third-order valence-electron chi connectivity index (χ3n) is 4.08. The Bertz CT molecular complexity index is 605. The summed E-state index contributed by atoms with van der Waals surface area (Å²) >= 11 is 1.73. The van der Waals surface area contributed by atoms with E-state index in [1.165, 1.54) is 24.5 Å². The molecule has 0 aromatic carbocycles. The molecule has 22 heavy (non-hydrogen) atoms. The fourth-order valence-electron chi connectivity index (χ4n) is 2.95. The average Bonchev–Trinajstić information content (AvgIpc) is 3.09. The Morgan fingerprint density at radius 1 is 1.23 bits per heavy atom. The van der Waals surface area contributed by atoms with Crippen molar-refractivity contribution in [3.63, 3.8) is 0 Å². The zero-order valence-corrected chi connectivity index (χ0v) is 14.4. The smallest absolute Gasteiger partial charge is 0.100 e. The zero-order chi connectivity index (χ0) is 15.5. The first-order valence-electron chi connectivity index (χ1n) is 8.04. The van der Waals surface area contributed by atoms with Gasteiger partial charge in [-0.15, -0.1) is 11.3 Å². The SMILES string of the molecule is CC(C)Cc1ncc(-c2cnc(C[C@@H]3CCN(C)C3)cn2)s1. The lowest BCUT2D eigenvalue weighted by Crippen LogP contribution is -2.15. The van der Waals surface area contributed by atoms with Crippen molar-refractivity contribution in [3.05, 3.63) is 29.3 Å². The van der Waals surface area contributed by atoms with Crippen LogP contribution in [-0.4, -0.2) is 40.0 Å². The van der Waals surface area contributed by atoms with E-state index >= 15 is 0 Å².